The zero-order valence-electron chi connectivity index (χ0n) is 7.58. The first kappa shape index (κ1) is 9.42. The fourth-order valence-electron chi connectivity index (χ4n) is 1.45. The van der Waals surface area contributed by atoms with Crippen molar-refractivity contribution in [1.29, 1.82) is 0 Å². The predicted octanol–water partition coefficient (Wildman–Crippen LogP) is 2.60. The van der Waals surface area contributed by atoms with E-state index in [0.717, 1.165) is 5.39 Å². The van der Waals surface area contributed by atoms with Gasteiger partial charge in [0.1, 0.15) is 0 Å². The maximum atomic E-state index is 10.7. The van der Waals surface area contributed by atoms with Crippen LogP contribution in [0.4, 0.5) is 5.69 Å². The monoisotopic (exact) mass is 205 g/mol. The second-order valence-corrected chi connectivity index (χ2v) is 3.01. The molecule has 1 N–H and O–H groups in total. The van der Waals surface area contributed by atoms with Crippen molar-refractivity contribution in [2.24, 2.45) is 0 Å². The highest BCUT2D eigenvalue weighted by Crippen LogP contribution is 2.28. The van der Waals surface area contributed by atoms with Gasteiger partial charge < -0.3 is 4.89 Å². The van der Waals surface area contributed by atoms with E-state index in [4.69, 9.17) is 5.26 Å². The van der Waals surface area contributed by atoms with Gasteiger partial charge in [0.2, 0.25) is 0 Å². The summed E-state index contributed by atoms with van der Waals surface area (Å²) in [6, 6.07) is 9.38. The van der Waals surface area contributed by atoms with Crippen LogP contribution in [0.1, 0.15) is 0 Å². The number of nitrogens with zero attached hydrogens (tertiary/aromatic N) is 1. The third-order valence-corrected chi connectivity index (χ3v) is 2.13. The Labute approximate surface area is 84.6 Å². The minimum absolute atomic E-state index is 0.00796. The zero-order valence-corrected chi connectivity index (χ0v) is 7.58. The minimum atomic E-state index is -0.469. The van der Waals surface area contributed by atoms with Crippen LogP contribution in [-0.2, 0) is 0 Å². The average molecular weight is 205 g/mol. The number of rotatable bonds is 2. The first-order valence-corrected chi connectivity index (χ1v) is 4.21. The van der Waals surface area contributed by atoms with Crippen LogP contribution in [0.15, 0.2) is 36.4 Å². The fourth-order valence-corrected chi connectivity index (χ4v) is 1.45. The molecule has 5 heteroatoms. The first-order chi connectivity index (χ1) is 7.22. The van der Waals surface area contributed by atoms with Gasteiger partial charge in [-0.3, -0.25) is 10.1 Å². The van der Waals surface area contributed by atoms with Crippen LogP contribution in [0.25, 0.3) is 10.8 Å². The third-order valence-electron chi connectivity index (χ3n) is 2.13. The van der Waals surface area contributed by atoms with Crippen molar-refractivity contribution in [3.05, 3.63) is 46.5 Å². The second-order valence-electron chi connectivity index (χ2n) is 3.01. The topological polar surface area (TPSA) is 72.6 Å². The Bertz CT molecular complexity index is 524. The van der Waals surface area contributed by atoms with Crippen LogP contribution in [0.3, 0.4) is 0 Å². The number of hydrogen-bond donors (Lipinski definition) is 1. The highest BCUT2D eigenvalue weighted by atomic mass is 17.1. The van der Waals surface area contributed by atoms with Gasteiger partial charge in [0.25, 0.3) is 5.69 Å². The molecule has 0 aliphatic carbocycles. The zero-order chi connectivity index (χ0) is 10.8. The molecule has 0 saturated carbocycles. The van der Waals surface area contributed by atoms with E-state index in [1.54, 1.807) is 18.2 Å². The number of non-ortho nitro benzene ring substituents is 1. The van der Waals surface area contributed by atoms with Crippen molar-refractivity contribution in [3.63, 3.8) is 0 Å². The van der Waals surface area contributed by atoms with E-state index in [1.165, 1.54) is 18.2 Å². The molecular formula is C10H7NO4. The van der Waals surface area contributed by atoms with Gasteiger partial charge in [-0.2, -0.15) is 0 Å². The second kappa shape index (κ2) is 3.55. The summed E-state index contributed by atoms with van der Waals surface area (Å²) >= 11 is 0. The summed E-state index contributed by atoms with van der Waals surface area (Å²) in [5.41, 5.74) is -0.00796. The molecule has 0 fully saturated rings. The molecule has 2 aromatic carbocycles. The lowest BCUT2D eigenvalue weighted by Gasteiger charge is -2.01. The van der Waals surface area contributed by atoms with Gasteiger partial charge in [-0.25, -0.2) is 5.26 Å². The number of fused-ring (bicyclic) bond motifs is 1. The van der Waals surface area contributed by atoms with Crippen LogP contribution in [0.5, 0.6) is 5.75 Å². The molecule has 76 valence electrons. The lowest BCUT2D eigenvalue weighted by Crippen LogP contribution is -1.90. The molecule has 15 heavy (non-hydrogen) atoms. The maximum Gasteiger partial charge on any atom is 0.277 e. The summed E-state index contributed by atoms with van der Waals surface area (Å²) in [6.45, 7) is 0. The predicted molar refractivity (Wildman–Crippen MR) is 53.9 cm³/mol. The molecule has 0 unspecified atom stereocenters. The summed E-state index contributed by atoms with van der Waals surface area (Å²) in [6.07, 6.45) is 0. The molecule has 0 bridgehead atoms. The van der Waals surface area contributed by atoms with Gasteiger partial charge in [-0.1, -0.05) is 18.2 Å². The van der Waals surface area contributed by atoms with E-state index in [1.807, 2.05) is 0 Å². The highest BCUT2D eigenvalue weighted by molar-refractivity contribution is 5.91. The van der Waals surface area contributed by atoms with Gasteiger partial charge in [0, 0.05) is 6.07 Å². The van der Waals surface area contributed by atoms with Crippen LogP contribution in [-0.4, -0.2) is 10.2 Å². The van der Waals surface area contributed by atoms with Gasteiger partial charge >= 0.3 is 0 Å². The lowest BCUT2D eigenvalue weighted by molar-refractivity contribution is -0.383. The van der Waals surface area contributed by atoms with E-state index < -0.39 is 4.92 Å². The Morgan fingerprint density at radius 3 is 2.73 bits per heavy atom. The van der Waals surface area contributed by atoms with Gasteiger partial charge in [0.05, 0.1) is 10.3 Å². The molecule has 0 amide bonds. The van der Waals surface area contributed by atoms with Crippen LogP contribution in [0.2, 0.25) is 0 Å². The molecule has 0 saturated heterocycles. The maximum absolute atomic E-state index is 10.7. The minimum Gasteiger partial charge on any atom is -0.340 e. The normalized spacial score (nSPS) is 10.2. The molecule has 0 heterocycles. The molecule has 0 radical (unpaired) electrons. The smallest absolute Gasteiger partial charge is 0.277 e. The number of nitro groups is 1. The van der Waals surface area contributed by atoms with E-state index in [2.05, 4.69) is 4.89 Å². The van der Waals surface area contributed by atoms with Crippen LogP contribution >= 0.6 is 0 Å². The summed E-state index contributed by atoms with van der Waals surface area (Å²) in [4.78, 5) is 14.3. The molecule has 2 rings (SSSR count). The first-order valence-electron chi connectivity index (χ1n) is 4.21. The molecule has 0 aliphatic heterocycles. The summed E-state index contributed by atoms with van der Waals surface area (Å²) in [5.74, 6) is 0.178. The molecule has 0 atom stereocenters. The largest absolute Gasteiger partial charge is 0.340 e. The van der Waals surface area contributed by atoms with Crippen molar-refractivity contribution in [2.45, 2.75) is 0 Å². The van der Waals surface area contributed by atoms with Gasteiger partial charge in [0.15, 0.2) is 5.75 Å². The molecule has 2 aromatic rings. The average Bonchev–Trinajstić information content (AvgIpc) is 2.27. The van der Waals surface area contributed by atoms with Gasteiger partial charge in [-0.05, 0) is 17.5 Å². The molecular weight excluding hydrogens is 198 g/mol. The Balaban J connectivity index is 2.76. The Morgan fingerprint density at radius 1 is 1.27 bits per heavy atom. The quantitative estimate of drug-likeness (QED) is 0.464. The fraction of sp³-hybridized carbons (Fsp3) is 0. The van der Waals surface area contributed by atoms with Crippen molar-refractivity contribution in [2.75, 3.05) is 0 Å². The molecule has 0 aromatic heterocycles. The number of nitro benzene ring substituents is 1. The Hall–Kier alpha value is -2.14. The van der Waals surface area contributed by atoms with Crippen molar-refractivity contribution < 1.29 is 15.1 Å². The van der Waals surface area contributed by atoms with E-state index in [0.29, 0.717) is 5.39 Å². The Morgan fingerprint density at radius 2 is 2.07 bits per heavy atom. The highest BCUT2D eigenvalue weighted by Gasteiger charge is 2.11. The number of hydrogen-bond acceptors (Lipinski definition) is 4. The van der Waals surface area contributed by atoms with Crippen molar-refractivity contribution >= 4 is 16.5 Å². The SMILES string of the molecule is O=[N+]([O-])c1cccc2ccc(OO)cc12. The van der Waals surface area contributed by atoms with Crippen molar-refractivity contribution in [1.82, 2.24) is 0 Å². The summed E-state index contributed by atoms with van der Waals surface area (Å²) < 4.78 is 0. The molecule has 0 spiro atoms. The summed E-state index contributed by atoms with van der Waals surface area (Å²) in [7, 11) is 0. The van der Waals surface area contributed by atoms with Crippen molar-refractivity contribution in [3.8, 4) is 5.75 Å². The Kier molecular flexibility index (Phi) is 2.23. The van der Waals surface area contributed by atoms with E-state index in [-0.39, 0.29) is 11.4 Å². The lowest BCUT2D eigenvalue weighted by atomic mass is 10.1. The standard InChI is InChI=1S/C10H7NO4/c12-11(13)10-3-1-2-7-4-5-8(15-14)6-9(7)10/h1-6,14H. The third kappa shape index (κ3) is 1.60. The molecule has 5 nitrogen and oxygen atoms in total. The molecule has 0 aliphatic rings. The van der Waals surface area contributed by atoms with Crippen LogP contribution in [0, 0.1) is 10.1 Å². The van der Waals surface area contributed by atoms with E-state index >= 15 is 0 Å². The summed E-state index contributed by atoms with van der Waals surface area (Å²) in [5, 5.41) is 20.3. The van der Waals surface area contributed by atoms with Crippen LogP contribution < -0.4 is 4.89 Å². The number of benzene rings is 2. The van der Waals surface area contributed by atoms with Gasteiger partial charge in [-0.15, -0.1) is 0 Å². The van der Waals surface area contributed by atoms with E-state index in [9.17, 15) is 10.1 Å².